The molecule has 0 aromatic heterocycles. The van der Waals surface area contributed by atoms with Gasteiger partial charge in [0.1, 0.15) is 52.4 Å². The highest BCUT2D eigenvalue weighted by Gasteiger charge is 2.57. The maximum absolute atomic E-state index is 14.1. The fourth-order valence-electron chi connectivity index (χ4n) is 8.22. The maximum atomic E-state index is 14.1. The fourth-order valence-corrected chi connectivity index (χ4v) is 8.22. The second kappa shape index (κ2) is 21.0. The molecule has 8 N–H and O–H groups in total. The molecule has 4 aliphatic rings. The van der Waals surface area contributed by atoms with E-state index in [2.05, 4.69) is 21.3 Å². The molecule has 12 atom stereocenters. The van der Waals surface area contributed by atoms with Crippen molar-refractivity contribution in [3.05, 3.63) is 0 Å². The Morgan fingerprint density at radius 2 is 1.19 bits per heavy atom. The summed E-state index contributed by atoms with van der Waals surface area (Å²) in [5.41, 5.74) is -7.61. The van der Waals surface area contributed by atoms with Gasteiger partial charge < -0.3 is 89.4 Å². The highest BCUT2D eigenvalue weighted by Crippen LogP contribution is 2.36. The van der Waals surface area contributed by atoms with Crippen LogP contribution in [0.1, 0.15) is 109 Å². The predicted molar refractivity (Wildman–Crippen MR) is 237 cm³/mol. The molecule has 1 saturated carbocycles. The SMILES string of the molecule is CNCC1CC[C@@H](NC(=O)OC(C)(C)C)[C@@H](O[C@H]2[C@H](O)[C@@H](O[C@H]3OC[C@](C)(O)[C@H](N(C)C(=O)OC(C)(C)C)[C@H]3O)[C@H](NC(=O)C3(O)CN(C(=O)OC(C)(C)C)C3)C[C@@H]2NC(=O)OC(C)(C)C)O1. The Morgan fingerprint density at radius 1 is 0.701 bits per heavy atom. The van der Waals surface area contributed by atoms with E-state index in [-0.39, 0.29) is 6.42 Å². The molecule has 3 heterocycles. The van der Waals surface area contributed by atoms with Gasteiger partial charge in [0.25, 0.3) is 5.91 Å². The van der Waals surface area contributed by atoms with Gasteiger partial charge in [0.05, 0.1) is 50.0 Å². The van der Waals surface area contributed by atoms with Gasteiger partial charge in [0.2, 0.25) is 0 Å². The summed E-state index contributed by atoms with van der Waals surface area (Å²) in [7, 11) is 3.06. The predicted octanol–water partition coefficient (Wildman–Crippen LogP) is 1.20. The Balaban J connectivity index is 1.76. The molecule has 23 heteroatoms. The number of carbonyl (C=O) groups excluding carboxylic acids is 5. The molecular weight excluding hydrogens is 885 g/mol. The van der Waals surface area contributed by atoms with Crippen LogP contribution in [-0.2, 0) is 42.7 Å². The van der Waals surface area contributed by atoms with Crippen LogP contribution < -0.4 is 21.3 Å². The van der Waals surface area contributed by atoms with E-state index in [1.165, 1.54) is 14.0 Å². The molecule has 386 valence electrons. The summed E-state index contributed by atoms with van der Waals surface area (Å²) in [5, 5.41) is 58.7. The lowest BCUT2D eigenvalue weighted by Gasteiger charge is -2.51. The molecule has 0 spiro atoms. The van der Waals surface area contributed by atoms with E-state index in [0.29, 0.717) is 19.4 Å². The number of amides is 5. The zero-order valence-electron chi connectivity index (χ0n) is 41.8. The highest BCUT2D eigenvalue weighted by atomic mass is 16.7. The van der Waals surface area contributed by atoms with E-state index >= 15 is 0 Å². The van der Waals surface area contributed by atoms with Gasteiger partial charge in [-0.15, -0.1) is 0 Å². The molecule has 4 rings (SSSR count). The number of likely N-dealkylation sites (tertiary alicyclic amines) is 1. The third kappa shape index (κ3) is 15.6. The van der Waals surface area contributed by atoms with Crippen molar-refractivity contribution in [1.82, 2.24) is 31.1 Å². The number of nitrogens with zero attached hydrogens (tertiary/aromatic N) is 2. The van der Waals surface area contributed by atoms with Gasteiger partial charge in [-0.25, -0.2) is 19.2 Å². The van der Waals surface area contributed by atoms with E-state index < -0.39 is 151 Å². The first-order chi connectivity index (χ1) is 30.5. The first kappa shape index (κ1) is 55.8. The minimum Gasteiger partial charge on any atom is -0.444 e. The maximum Gasteiger partial charge on any atom is 0.410 e. The van der Waals surface area contributed by atoms with Crippen LogP contribution in [0, 0.1) is 0 Å². The van der Waals surface area contributed by atoms with Crippen molar-refractivity contribution in [2.24, 2.45) is 0 Å². The van der Waals surface area contributed by atoms with E-state index in [0.717, 1.165) is 9.80 Å². The lowest BCUT2D eigenvalue weighted by atomic mass is 9.82. The van der Waals surface area contributed by atoms with Crippen LogP contribution in [0.15, 0.2) is 0 Å². The second-order valence-corrected chi connectivity index (χ2v) is 22.2. The number of ether oxygens (including phenoxy) is 8. The van der Waals surface area contributed by atoms with Crippen molar-refractivity contribution in [1.29, 1.82) is 0 Å². The molecule has 0 aromatic rings. The van der Waals surface area contributed by atoms with Gasteiger partial charge in [-0.1, -0.05) is 0 Å². The lowest BCUT2D eigenvalue weighted by Crippen LogP contribution is -2.74. The average Bonchev–Trinajstić information content (AvgIpc) is 3.12. The van der Waals surface area contributed by atoms with Crippen LogP contribution in [0.2, 0.25) is 0 Å². The molecule has 4 fully saturated rings. The van der Waals surface area contributed by atoms with E-state index in [4.69, 9.17) is 37.9 Å². The Bertz CT molecular complexity index is 1740. The zero-order chi connectivity index (χ0) is 50.8. The van der Waals surface area contributed by atoms with Gasteiger partial charge in [0.15, 0.2) is 18.2 Å². The third-order valence-electron chi connectivity index (χ3n) is 11.0. The van der Waals surface area contributed by atoms with Gasteiger partial charge in [-0.05, 0) is 116 Å². The number of hydrogen-bond donors (Lipinski definition) is 8. The Morgan fingerprint density at radius 3 is 1.70 bits per heavy atom. The van der Waals surface area contributed by atoms with Crippen molar-refractivity contribution < 1.29 is 82.3 Å². The summed E-state index contributed by atoms with van der Waals surface area (Å²) in [4.78, 5) is 68.9. The smallest absolute Gasteiger partial charge is 0.410 e. The number of aliphatic hydroxyl groups excluding tert-OH is 2. The Hall–Kier alpha value is -3.81. The summed E-state index contributed by atoms with van der Waals surface area (Å²) < 4.78 is 47.3. The second-order valence-electron chi connectivity index (χ2n) is 22.2. The van der Waals surface area contributed by atoms with E-state index in [1.54, 1.807) is 90.1 Å². The fraction of sp³-hybridized carbons (Fsp3) is 0.886. The average molecular weight is 963 g/mol. The molecule has 0 aromatic carbocycles. The van der Waals surface area contributed by atoms with Crippen molar-refractivity contribution in [3.63, 3.8) is 0 Å². The molecular formula is C44H78N6O17. The number of nitrogens with one attached hydrogen (secondary N) is 4. The molecule has 1 unspecified atom stereocenters. The molecule has 5 amide bonds. The molecule has 67 heavy (non-hydrogen) atoms. The third-order valence-corrected chi connectivity index (χ3v) is 11.0. The standard InChI is InChI=1S/C44H78N6O17/c1-39(2,3)64-35(54)47-24-17-16-23(19-45-14)61-32(24)62-30-26(48-36(55)65-40(4,5)6)18-25(46-34(53)44(59)20-50(21-44)38(57)67-42(10,11)12)29(27(30)51)63-33-28(52)31(43(13,58)22-60-33)49(15)37(56)66-41(7,8)9/h23-33,45,51-52,58-59H,16-22H2,1-15H3,(H,46,53)(H,47,54)(H,48,55)/t23?,24-,25-,26+,27-,28-,29+,30-,31-,32-,33-,43+/m1/s1. The van der Waals surface area contributed by atoms with Crippen molar-refractivity contribution >= 4 is 30.3 Å². The number of carbonyl (C=O) groups is 5. The summed E-state index contributed by atoms with van der Waals surface area (Å²) >= 11 is 0. The topological polar surface area (TPSA) is 295 Å². The molecule has 0 bridgehead atoms. The normalized spacial score (nSPS) is 32.5. The van der Waals surface area contributed by atoms with Crippen LogP contribution in [0.5, 0.6) is 0 Å². The zero-order valence-corrected chi connectivity index (χ0v) is 41.8. The van der Waals surface area contributed by atoms with Crippen LogP contribution in [0.4, 0.5) is 19.2 Å². The minimum atomic E-state index is -2.13. The summed E-state index contributed by atoms with van der Waals surface area (Å²) in [6.45, 7) is 20.3. The van der Waals surface area contributed by atoms with Gasteiger partial charge in [-0.2, -0.15) is 0 Å². The van der Waals surface area contributed by atoms with Crippen molar-refractivity contribution in [2.45, 2.75) is 210 Å². The van der Waals surface area contributed by atoms with Gasteiger partial charge in [0, 0.05) is 13.6 Å². The summed E-state index contributed by atoms with van der Waals surface area (Å²) in [6.07, 6.45) is -12.9. The summed E-state index contributed by atoms with van der Waals surface area (Å²) in [5.74, 6) is -0.976. The Labute approximate surface area is 393 Å². The minimum absolute atomic E-state index is 0.290. The van der Waals surface area contributed by atoms with Gasteiger partial charge in [-0.3, -0.25) is 4.79 Å². The monoisotopic (exact) mass is 963 g/mol. The molecule has 3 saturated heterocycles. The van der Waals surface area contributed by atoms with Crippen molar-refractivity contribution in [3.8, 4) is 0 Å². The molecule has 0 radical (unpaired) electrons. The largest absolute Gasteiger partial charge is 0.444 e. The molecule has 3 aliphatic heterocycles. The van der Waals surface area contributed by atoms with Gasteiger partial charge >= 0.3 is 24.4 Å². The van der Waals surface area contributed by atoms with Crippen molar-refractivity contribution in [2.75, 3.05) is 40.3 Å². The van der Waals surface area contributed by atoms with E-state index in [1.807, 2.05) is 0 Å². The number of aliphatic hydroxyl groups is 4. The van der Waals surface area contributed by atoms with Crippen LogP contribution in [0.25, 0.3) is 0 Å². The first-order valence-corrected chi connectivity index (χ1v) is 22.8. The van der Waals surface area contributed by atoms with Crippen LogP contribution in [0.3, 0.4) is 0 Å². The molecule has 1 aliphatic carbocycles. The number of β-amino-alcohol motifs (C(OH)–C–C–N with tert-alkyl or cyclic N) is 1. The summed E-state index contributed by atoms with van der Waals surface area (Å²) in [6, 6.07) is -4.80. The van der Waals surface area contributed by atoms with E-state index in [9.17, 15) is 44.4 Å². The number of hydrogen-bond acceptors (Lipinski definition) is 18. The number of rotatable bonds is 11. The van der Waals surface area contributed by atoms with Crippen LogP contribution >= 0.6 is 0 Å². The number of alkyl carbamates (subject to hydrolysis) is 2. The molecule has 23 nitrogen and oxygen atoms in total. The van der Waals surface area contributed by atoms with Crippen LogP contribution in [-0.4, -0.2) is 202 Å². The Kier molecular flexibility index (Phi) is 17.5. The first-order valence-electron chi connectivity index (χ1n) is 22.8. The number of likely N-dealkylation sites (N-methyl/N-ethyl adjacent to an activating group) is 2. The lowest BCUT2D eigenvalue weighted by molar-refractivity contribution is -0.314. The highest BCUT2D eigenvalue weighted by molar-refractivity contribution is 5.89. The quantitative estimate of drug-likeness (QED) is 0.135.